The quantitative estimate of drug-likeness (QED) is 0.385. The Kier molecular flexibility index (Phi) is 6.63. The second-order valence-electron chi connectivity index (χ2n) is 10.8. The molecule has 0 unspecified atom stereocenters. The molecule has 3 fully saturated rings. The minimum atomic E-state index is -4.57. The minimum Gasteiger partial charge on any atom is -0.382 e. The lowest BCUT2D eigenvalue weighted by atomic mass is 9.87. The number of alkyl halides is 3. The molecule has 2 N–H and O–H groups in total. The molecule has 3 atom stereocenters. The van der Waals surface area contributed by atoms with E-state index in [9.17, 15) is 22.8 Å². The van der Waals surface area contributed by atoms with Crippen molar-refractivity contribution in [1.29, 1.82) is 0 Å². The number of amides is 3. The van der Waals surface area contributed by atoms with E-state index < -0.39 is 42.8 Å². The van der Waals surface area contributed by atoms with Gasteiger partial charge in [0.2, 0.25) is 0 Å². The van der Waals surface area contributed by atoms with E-state index in [0.717, 1.165) is 30.6 Å². The summed E-state index contributed by atoms with van der Waals surface area (Å²) >= 11 is 0. The van der Waals surface area contributed by atoms with Gasteiger partial charge in [-0.1, -0.05) is 5.16 Å². The number of nitrogens with zero attached hydrogens (tertiary/aromatic N) is 6. The molecule has 2 saturated carbocycles. The number of methoxy groups -OCH3 is 1. The summed E-state index contributed by atoms with van der Waals surface area (Å²) in [7, 11) is 1.41. The highest BCUT2D eigenvalue weighted by atomic mass is 19.4. The van der Waals surface area contributed by atoms with Crippen LogP contribution in [-0.2, 0) is 4.74 Å². The van der Waals surface area contributed by atoms with Crippen molar-refractivity contribution in [3.63, 3.8) is 0 Å². The molecule has 0 radical (unpaired) electrons. The van der Waals surface area contributed by atoms with Gasteiger partial charge in [-0.3, -0.25) is 4.79 Å². The van der Waals surface area contributed by atoms with Gasteiger partial charge in [0.1, 0.15) is 11.7 Å². The van der Waals surface area contributed by atoms with Gasteiger partial charge in [-0.2, -0.15) is 18.3 Å². The van der Waals surface area contributed by atoms with E-state index in [0.29, 0.717) is 34.4 Å². The first-order valence-corrected chi connectivity index (χ1v) is 13.2. The molecule has 4 heterocycles. The van der Waals surface area contributed by atoms with Crippen LogP contribution in [0.3, 0.4) is 0 Å². The molecule has 1 aliphatic heterocycles. The summed E-state index contributed by atoms with van der Waals surface area (Å²) in [5.74, 6) is 0.746. The van der Waals surface area contributed by atoms with Crippen molar-refractivity contribution in [2.24, 2.45) is 17.8 Å². The minimum absolute atomic E-state index is 0.0291. The Morgan fingerprint density at radius 1 is 1.25 bits per heavy atom. The first kappa shape index (κ1) is 26.5. The lowest BCUT2D eigenvalue weighted by molar-refractivity contribution is -0.150. The van der Waals surface area contributed by atoms with Gasteiger partial charge in [-0.25, -0.2) is 18.9 Å². The SMILES string of the molecule is COC[C@H](c1cnn2cc([C@@H](NC(=O)c3nonc3C)C(C3CC3)C3CC3)nc2c1)N1C[C@@H](C(F)(F)F)NC1=O. The molecule has 214 valence electrons. The van der Waals surface area contributed by atoms with Crippen LogP contribution in [0.2, 0.25) is 0 Å². The van der Waals surface area contributed by atoms with Gasteiger partial charge in [0.15, 0.2) is 11.3 Å². The molecule has 0 spiro atoms. The van der Waals surface area contributed by atoms with Gasteiger partial charge in [-0.15, -0.1) is 0 Å². The second kappa shape index (κ2) is 10.0. The average molecular weight is 563 g/mol. The first-order valence-electron chi connectivity index (χ1n) is 13.2. The number of imidazole rings is 1. The van der Waals surface area contributed by atoms with E-state index in [1.54, 1.807) is 23.7 Å². The van der Waals surface area contributed by atoms with Crippen LogP contribution in [0.4, 0.5) is 18.0 Å². The Bertz CT molecular complexity index is 1400. The third-order valence-corrected chi connectivity index (χ3v) is 7.97. The summed E-state index contributed by atoms with van der Waals surface area (Å²) in [6.45, 7) is 1.07. The zero-order valence-corrected chi connectivity index (χ0v) is 21.9. The van der Waals surface area contributed by atoms with E-state index in [-0.39, 0.29) is 18.2 Å². The molecule has 6 rings (SSSR count). The van der Waals surface area contributed by atoms with Gasteiger partial charge >= 0.3 is 12.2 Å². The summed E-state index contributed by atoms with van der Waals surface area (Å²) < 4.78 is 51.4. The predicted octanol–water partition coefficient (Wildman–Crippen LogP) is 2.97. The topological polar surface area (TPSA) is 140 Å². The first-order chi connectivity index (χ1) is 19.1. The van der Waals surface area contributed by atoms with E-state index >= 15 is 0 Å². The maximum absolute atomic E-state index is 13.3. The molecule has 2 aliphatic carbocycles. The van der Waals surface area contributed by atoms with Crippen molar-refractivity contribution in [2.45, 2.75) is 56.9 Å². The summed E-state index contributed by atoms with van der Waals surface area (Å²) in [5.41, 5.74) is 2.04. The molecule has 3 aromatic heterocycles. The summed E-state index contributed by atoms with van der Waals surface area (Å²) in [4.78, 5) is 31.5. The van der Waals surface area contributed by atoms with Crippen LogP contribution >= 0.6 is 0 Å². The van der Waals surface area contributed by atoms with E-state index in [4.69, 9.17) is 14.3 Å². The smallest absolute Gasteiger partial charge is 0.382 e. The molecule has 40 heavy (non-hydrogen) atoms. The molecule has 3 aliphatic rings. The molecule has 3 aromatic rings. The fourth-order valence-electron chi connectivity index (χ4n) is 5.68. The summed E-state index contributed by atoms with van der Waals surface area (Å²) in [6.07, 6.45) is 3.03. The number of fused-ring (bicyclic) bond motifs is 1. The van der Waals surface area contributed by atoms with Gasteiger partial charge in [0.05, 0.1) is 43.3 Å². The number of ether oxygens (including phenoxy) is 1. The molecule has 15 heteroatoms. The Morgan fingerprint density at radius 3 is 2.55 bits per heavy atom. The van der Waals surface area contributed by atoms with Crippen LogP contribution in [0, 0.1) is 24.7 Å². The third-order valence-electron chi connectivity index (χ3n) is 7.97. The fraction of sp³-hybridized carbons (Fsp3) is 0.600. The number of nitrogens with one attached hydrogen (secondary N) is 2. The molecular formula is C25H29F3N8O4. The van der Waals surface area contributed by atoms with Crippen molar-refractivity contribution < 1.29 is 32.1 Å². The number of halogens is 3. The van der Waals surface area contributed by atoms with Crippen molar-refractivity contribution in [3.05, 3.63) is 41.1 Å². The van der Waals surface area contributed by atoms with Crippen molar-refractivity contribution in [3.8, 4) is 0 Å². The normalized spacial score (nSPS) is 21.2. The number of urea groups is 1. The lowest BCUT2D eigenvalue weighted by Crippen LogP contribution is -2.40. The van der Waals surface area contributed by atoms with Gasteiger partial charge in [0.25, 0.3) is 5.91 Å². The van der Waals surface area contributed by atoms with E-state index in [1.807, 2.05) is 5.32 Å². The predicted molar refractivity (Wildman–Crippen MR) is 131 cm³/mol. The second-order valence-corrected chi connectivity index (χ2v) is 10.8. The van der Waals surface area contributed by atoms with Crippen molar-refractivity contribution >= 4 is 17.6 Å². The van der Waals surface area contributed by atoms with Crippen LogP contribution < -0.4 is 10.6 Å². The number of aryl methyl sites for hydroxylation is 1. The number of hydrogen-bond acceptors (Lipinski definition) is 8. The standard InChI is InChI=1S/C25H29F3N8O4/c1-12-21(34-40-33-12)23(37)32-22(20(13-3-4-13)14-5-6-14)16-9-36-19(30-16)7-15(8-29-36)17(11-39-2)35-10-18(25(26,27)28)31-24(35)38/h7-9,13-14,17-18,20,22H,3-6,10-11H2,1-2H3,(H,31,38)(H,32,37)/t17-,18+,22-/m1/s1. The lowest BCUT2D eigenvalue weighted by Gasteiger charge is -2.26. The summed E-state index contributed by atoms with van der Waals surface area (Å²) in [6, 6.07) is -2.32. The van der Waals surface area contributed by atoms with Crippen molar-refractivity contribution in [1.82, 2.24) is 40.4 Å². The van der Waals surface area contributed by atoms with Gasteiger partial charge < -0.3 is 20.3 Å². The molecule has 0 bridgehead atoms. The highest BCUT2D eigenvalue weighted by Gasteiger charge is 2.49. The maximum atomic E-state index is 13.3. The Morgan fingerprint density at radius 2 is 1.98 bits per heavy atom. The van der Waals surface area contributed by atoms with Crippen molar-refractivity contribution in [2.75, 3.05) is 20.3 Å². The Hall–Kier alpha value is -3.75. The Labute approximate surface area is 226 Å². The average Bonchev–Trinajstić information content (AvgIpc) is 3.80. The Balaban J connectivity index is 1.32. The van der Waals surface area contributed by atoms with Crippen LogP contribution in [0.5, 0.6) is 0 Å². The maximum Gasteiger partial charge on any atom is 0.410 e. The van der Waals surface area contributed by atoms with Crippen LogP contribution in [0.1, 0.15) is 65.2 Å². The van der Waals surface area contributed by atoms with Gasteiger partial charge in [0, 0.05) is 12.7 Å². The molecule has 12 nitrogen and oxygen atoms in total. The van der Waals surface area contributed by atoms with Crippen LogP contribution in [-0.4, -0.2) is 74.2 Å². The monoisotopic (exact) mass is 562 g/mol. The number of carbonyl (C=O) groups excluding carboxylic acids is 2. The summed E-state index contributed by atoms with van der Waals surface area (Å²) in [5, 5.41) is 17.0. The van der Waals surface area contributed by atoms with Crippen LogP contribution in [0.15, 0.2) is 23.1 Å². The fourth-order valence-corrected chi connectivity index (χ4v) is 5.68. The number of carbonyl (C=O) groups is 2. The number of aromatic nitrogens is 5. The molecule has 0 aromatic carbocycles. The van der Waals surface area contributed by atoms with E-state index in [1.165, 1.54) is 13.3 Å². The largest absolute Gasteiger partial charge is 0.410 e. The third kappa shape index (κ3) is 5.09. The highest BCUT2D eigenvalue weighted by Crippen LogP contribution is 2.54. The van der Waals surface area contributed by atoms with Crippen LogP contribution in [0.25, 0.3) is 5.65 Å². The highest BCUT2D eigenvalue weighted by molar-refractivity contribution is 5.93. The number of rotatable bonds is 10. The number of hydrogen-bond donors (Lipinski definition) is 2. The van der Waals surface area contributed by atoms with Gasteiger partial charge in [-0.05, 0) is 61.6 Å². The molecular weight excluding hydrogens is 533 g/mol. The molecule has 3 amide bonds. The zero-order valence-electron chi connectivity index (χ0n) is 21.9. The molecule has 1 saturated heterocycles. The van der Waals surface area contributed by atoms with E-state index in [2.05, 4.69) is 20.7 Å². The zero-order chi connectivity index (χ0) is 28.2.